The molecule has 8 heteroatoms. The minimum Gasteiger partial charge on any atom is -0.340 e. The van der Waals surface area contributed by atoms with Crippen LogP contribution in [0.25, 0.3) is 10.2 Å². The molecule has 0 unspecified atom stereocenters. The van der Waals surface area contributed by atoms with Gasteiger partial charge in [0.05, 0.1) is 10.2 Å². The molecule has 31 heavy (non-hydrogen) atoms. The topological polar surface area (TPSA) is 80.9 Å². The standard InChI is InChI=1S/C23H22N4O2S2/c1-15-24-21(27-29-15)23(12-4-5-13-23)26-20(28)17-10-8-16(9-11-17)14-30-22-25-18-6-2-3-7-19(18)31-22/h2-3,6-11H,4-5,12-14H2,1H3,(H,26,28). The maximum atomic E-state index is 13.0. The zero-order valence-electron chi connectivity index (χ0n) is 17.1. The number of benzene rings is 2. The summed E-state index contributed by atoms with van der Waals surface area (Å²) in [5, 5.41) is 7.28. The van der Waals surface area contributed by atoms with Crippen molar-refractivity contribution in [3.05, 3.63) is 71.4 Å². The summed E-state index contributed by atoms with van der Waals surface area (Å²) in [5.41, 5.74) is 2.31. The van der Waals surface area contributed by atoms with Crippen molar-refractivity contribution in [3.63, 3.8) is 0 Å². The summed E-state index contributed by atoms with van der Waals surface area (Å²) in [7, 11) is 0. The molecule has 158 valence electrons. The Kier molecular flexibility index (Phi) is 5.50. The molecule has 0 radical (unpaired) electrons. The number of aromatic nitrogens is 3. The molecule has 1 aliphatic rings. The van der Waals surface area contributed by atoms with E-state index in [1.54, 1.807) is 30.0 Å². The highest BCUT2D eigenvalue weighted by Gasteiger charge is 2.41. The number of nitrogens with zero attached hydrogens (tertiary/aromatic N) is 3. The third-order valence-corrected chi connectivity index (χ3v) is 7.87. The smallest absolute Gasteiger partial charge is 0.252 e. The molecular weight excluding hydrogens is 428 g/mol. The van der Waals surface area contributed by atoms with Crippen LogP contribution < -0.4 is 5.32 Å². The van der Waals surface area contributed by atoms with Crippen LogP contribution >= 0.6 is 23.1 Å². The first-order chi connectivity index (χ1) is 15.1. The number of fused-ring (bicyclic) bond motifs is 1. The van der Waals surface area contributed by atoms with Crippen molar-refractivity contribution in [3.8, 4) is 0 Å². The van der Waals surface area contributed by atoms with Gasteiger partial charge < -0.3 is 9.84 Å². The second-order valence-electron chi connectivity index (χ2n) is 7.81. The van der Waals surface area contributed by atoms with Gasteiger partial charge in [-0.2, -0.15) is 4.98 Å². The fourth-order valence-electron chi connectivity index (χ4n) is 3.98. The van der Waals surface area contributed by atoms with E-state index in [0.717, 1.165) is 46.9 Å². The Morgan fingerprint density at radius 3 is 2.61 bits per heavy atom. The van der Waals surface area contributed by atoms with Crippen LogP contribution in [0.3, 0.4) is 0 Å². The maximum absolute atomic E-state index is 13.0. The Hall–Kier alpha value is -2.71. The molecule has 1 aliphatic carbocycles. The molecule has 1 saturated carbocycles. The van der Waals surface area contributed by atoms with Gasteiger partial charge in [0.2, 0.25) is 5.89 Å². The number of nitrogens with one attached hydrogen (secondary N) is 1. The van der Waals surface area contributed by atoms with E-state index in [4.69, 9.17) is 4.52 Å². The monoisotopic (exact) mass is 450 g/mol. The van der Waals surface area contributed by atoms with Crippen molar-refractivity contribution >= 4 is 39.2 Å². The van der Waals surface area contributed by atoms with E-state index < -0.39 is 5.54 Å². The molecule has 0 spiro atoms. The third kappa shape index (κ3) is 4.22. The van der Waals surface area contributed by atoms with Crippen molar-refractivity contribution < 1.29 is 9.32 Å². The highest BCUT2D eigenvalue weighted by atomic mass is 32.2. The molecule has 2 heterocycles. The second kappa shape index (κ2) is 8.43. The molecule has 1 amide bonds. The van der Waals surface area contributed by atoms with Crippen molar-refractivity contribution in [1.29, 1.82) is 0 Å². The first-order valence-corrected chi connectivity index (χ1v) is 12.1. The van der Waals surface area contributed by atoms with Gasteiger partial charge in [-0.15, -0.1) is 11.3 Å². The molecule has 0 atom stereocenters. The number of hydrogen-bond acceptors (Lipinski definition) is 7. The summed E-state index contributed by atoms with van der Waals surface area (Å²) in [6.45, 7) is 1.77. The summed E-state index contributed by atoms with van der Waals surface area (Å²) in [6, 6.07) is 16.0. The number of hydrogen-bond donors (Lipinski definition) is 1. The fourth-order valence-corrected chi connectivity index (χ4v) is 6.00. The molecule has 0 saturated heterocycles. The normalized spacial score (nSPS) is 15.4. The lowest BCUT2D eigenvalue weighted by molar-refractivity contribution is 0.0892. The van der Waals surface area contributed by atoms with E-state index in [9.17, 15) is 4.79 Å². The fraction of sp³-hybridized carbons (Fsp3) is 0.304. The first kappa shape index (κ1) is 20.2. The summed E-state index contributed by atoms with van der Waals surface area (Å²) < 4.78 is 7.43. The van der Waals surface area contributed by atoms with Gasteiger partial charge in [-0.05, 0) is 42.7 Å². The lowest BCUT2D eigenvalue weighted by Gasteiger charge is -2.26. The minimum atomic E-state index is -0.532. The SMILES string of the molecule is Cc1nc(C2(NC(=O)c3ccc(CSc4nc5ccccc5s4)cc3)CCCC2)no1. The van der Waals surface area contributed by atoms with Crippen LogP contribution in [0.2, 0.25) is 0 Å². The van der Waals surface area contributed by atoms with Gasteiger partial charge in [0.25, 0.3) is 5.91 Å². The van der Waals surface area contributed by atoms with Gasteiger partial charge in [-0.1, -0.05) is 54.0 Å². The first-order valence-electron chi connectivity index (χ1n) is 10.3. The van der Waals surface area contributed by atoms with Gasteiger partial charge in [0, 0.05) is 18.2 Å². The lowest BCUT2D eigenvalue weighted by Crippen LogP contribution is -2.44. The zero-order chi connectivity index (χ0) is 21.3. The zero-order valence-corrected chi connectivity index (χ0v) is 18.8. The summed E-state index contributed by atoms with van der Waals surface area (Å²) in [4.78, 5) is 22.0. The van der Waals surface area contributed by atoms with Crippen molar-refractivity contribution in [2.24, 2.45) is 0 Å². The Morgan fingerprint density at radius 1 is 1.13 bits per heavy atom. The average Bonchev–Trinajstić information content (AvgIpc) is 3.52. The van der Waals surface area contributed by atoms with Crippen molar-refractivity contribution in [2.45, 2.75) is 48.2 Å². The molecule has 6 nitrogen and oxygen atoms in total. The predicted molar refractivity (Wildman–Crippen MR) is 122 cm³/mol. The Balaban J connectivity index is 1.25. The lowest BCUT2D eigenvalue weighted by atomic mass is 9.95. The van der Waals surface area contributed by atoms with Crippen LogP contribution in [0, 0.1) is 6.92 Å². The van der Waals surface area contributed by atoms with Gasteiger partial charge in [-0.3, -0.25) is 4.79 Å². The Bertz CT molecular complexity index is 1180. The van der Waals surface area contributed by atoms with Crippen molar-refractivity contribution in [1.82, 2.24) is 20.4 Å². The molecule has 2 aromatic heterocycles. The van der Waals surface area contributed by atoms with E-state index in [0.29, 0.717) is 17.3 Å². The van der Waals surface area contributed by atoms with Crippen LogP contribution in [-0.2, 0) is 11.3 Å². The van der Waals surface area contributed by atoms with E-state index in [-0.39, 0.29) is 5.91 Å². The molecule has 5 rings (SSSR count). The Morgan fingerprint density at radius 2 is 1.90 bits per heavy atom. The summed E-state index contributed by atoms with van der Waals surface area (Å²) in [5.74, 6) is 1.81. The van der Waals surface area contributed by atoms with E-state index in [1.807, 2.05) is 42.5 Å². The number of thiazole rings is 1. The molecule has 2 aromatic carbocycles. The number of amides is 1. The quantitative estimate of drug-likeness (QED) is 0.392. The Labute approximate surface area is 188 Å². The largest absolute Gasteiger partial charge is 0.340 e. The molecule has 0 aliphatic heterocycles. The molecular formula is C23H22N4O2S2. The number of carbonyl (C=O) groups excluding carboxylic acids is 1. The predicted octanol–water partition coefficient (Wildman–Crippen LogP) is 5.48. The van der Waals surface area contributed by atoms with Gasteiger partial charge >= 0.3 is 0 Å². The van der Waals surface area contributed by atoms with Crippen LogP contribution in [-0.4, -0.2) is 21.0 Å². The van der Waals surface area contributed by atoms with Crippen molar-refractivity contribution in [2.75, 3.05) is 0 Å². The molecule has 1 fully saturated rings. The summed E-state index contributed by atoms with van der Waals surface area (Å²) in [6.07, 6.45) is 3.73. The molecule has 0 bridgehead atoms. The third-order valence-electron chi connectivity index (χ3n) is 5.62. The maximum Gasteiger partial charge on any atom is 0.252 e. The highest BCUT2D eigenvalue weighted by molar-refractivity contribution is 8.00. The van der Waals surface area contributed by atoms with Crippen LogP contribution in [0.4, 0.5) is 0 Å². The molecule has 1 N–H and O–H groups in total. The van der Waals surface area contributed by atoms with Gasteiger partial charge in [0.15, 0.2) is 10.2 Å². The van der Waals surface area contributed by atoms with E-state index in [2.05, 4.69) is 26.5 Å². The van der Waals surface area contributed by atoms with Gasteiger partial charge in [-0.25, -0.2) is 4.98 Å². The van der Waals surface area contributed by atoms with Crippen LogP contribution in [0.1, 0.15) is 53.3 Å². The number of aryl methyl sites for hydroxylation is 1. The minimum absolute atomic E-state index is 0.102. The number of para-hydroxylation sites is 1. The average molecular weight is 451 g/mol. The molecule has 4 aromatic rings. The number of rotatable bonds is 6. The second-order valence-corrected chi connectivity index (χ2v) is 10.1. The van der Waals surface area contributed by atoms with Crippen LogP contribution in [0.5, 0.6) is 0 Å². The van der Waals surface area contributed by atoms with Gasteiger partial charge in [0.1, 0.15) is 5.54 Å². The number of thioether (sulfide) groups is 1. The van der Waals surface area contributed by atoms with E-state index >= 15 is 0 Å². The number of carbonyl (C=O) groups is 1. The summed E-state index contributed by atoms with van der Waals surface area (Å²) >= 11 is 3.43. The van der Waals surface area contributed by atoms with Crippen LogP contribution in [0.15, 0.2) is 57.4 Å². The highest BCUT2D eigenvalue weighted by Crippen LogP contribution is 2.37. The van der Waals surface area contributed by atoms with E-state index in [1.165, 1.54) is 4.70 Å².